The van der Waals surface area contributed by atoms with E-state index in [4.69, 9.17) is 0 Å². The van der Waals surface area contributed by atoms with Crippen LogP contribution in [0.2, 0.25) is 0 Å². The summed E-state index contributed by atoms with van der Waals surface area (Å²) in [4.78, 5) is 22.6. The lowest BCUT2D eigenvalue weighted by Gasteiger charge is -2.05. The standard InChI is InChI=1S/C8H12N2O2/c1-4-10-7(11)5-6(2)9(3)8(10)12/h5H,4H2,1-3H3. The summed E-state index contributed by atoms with van der Waals surface area (Å²) in [5.74, 6) is 0. The number of hydrogen-bond donors (Lipinski definition) is 0. The first-order valence-corrected chi connectivity index (χ1v) is 3.85. The molecule has 1 aromatic rings. The lowest BCUT2D eigenvalue weighted by Crippen LogP contribution is -2.38. The molecule has 66 valence electrons. The van der Waals surface area contributed by atoms with Crippen molar-refractivity contribution in [1.82, 2.24) is 9.13 Å². The second-order valence-electron chi connectivity index (χ2n) is 2.71. The number of nitrogens with zero attached hydrogens (tertiary/aromatic N) is 2. The molecule has 0 amide bonds. The van der Waals surface area contributed by atoms with Crippen LogP contribution in [-0.2, 0) is 13.6 Å². The Bertz CT molecular complexity index is 400. The van der Waals surface area contributed by atoms with Crippen molar-refractivity contribution in [2.24, 2.45) is 7.05 Å². The van der Waals surface area contributed by atoms with Crippen molar-refractivity contribution < 1.29 is 0 Å². The SMILES string of the molecule is CCn1c(=O)cc(C)n(C)c1=O. The normalized spacial score (nSPS) is 10.2. The number of rotatable bonds is 1. The summed E-state index contributed by atoms with van der Waals surface area (Å²) in [6.45, 7) is 3.94. The fourth-order valence-electron chi connectivity index (χ4n) is 1.07. The van der Waals surface area contributed by atoms with E-state index in [-0.39, 0.29) is 11.2 Å². The van der Waals surface area contributed by atoms with Crippen molar-refractivity contribution >= 4 is 0 Å². The van der Waals surface area contributed by atoms with E-state index in [9.17, 15) is 9.59 Å². The van der Waals surface area contributed by atoms with Gasteiger partial charge in [0.25, 0.3) is 5.56 Å². The van der Waals surface area contributed by atoms with Gasteiger partial charge in [-0.1, -0.05) is 0 Å². The van der Waals surface area contributed by atoms with E-state index in [1.54, 1.807) is 20.9 Å². The highest BCUT2D eigenvalue weighted by Gasteiger charge is 2.02. The molecule has 4 nitrogen and oxygen atoms in total. The van der Waals surface area contributed by atoms with Crippen molar-refractivity contribution in [3.63, 3.8) is 0 Å². The van der Waals surface area contributed by atoms with Gasteiger partial charge < -0.3 is 4.57 Å². The summed E-state index contributed by atoms with van der Waals surface area (Å²) >= 11 is 0. The van der Waals surface area contributed by atoms with Crippen LogP contribution in [0, 0.1) is 6.92 Å². The topological polar surface area (TPSA) is 44.0 Å². The molecular weight excluding hydrogens is 156 g/mol. The Hall–Kier alpha value is -1.32. The molecule has 12 heavy (non-hydrogen) atoms. The van der Waals surface area contributed by atoms with Crippen molar-refractivity contribution in [1.29, 1.82) is 0 Å². The number of aryl methyl sites for hydroxylation is 1. The molecule has 0 aliphatic rings. The maximum Gasteiger partial charge on any atom is 0.330 e. The molecule has 0 atom stereocenters. The van der Waals surface area contributed by atoms with E-state index < -0.39 is 0 Å². The maximum atomic E-state index is 11.4. The predicted molar refractivity (Wildman–Crippen MR) is 46.4 cm³/mol. The molecule has 0 fully saturated rings. The number of hydrogen-bond acceptors (Lipinski definition) is 2. The highest BCUT2D eigenvalue weighted by Crippen LogP contribution is 1.84. The minimum atomic E-state index is -0.248. The minimum Gasteiger partial charge on any atom is -0.301 e. The quantitative estimate of drug-likeness (QED) is 0.586. The van der Waals surface area contributed by atoms with Gasteiger partial charge in [-0.25, -0.2) is 4.79 Å². The van der Waals surface area contributed by atoms with Crippen LogP contribution in [0.1, 0.15) is 12.6 Å². The zero-order chi connectivity index (χ0) is 9.30. The van der Waals surface area contributed by atoms with Gasteiger partial charge in [0.05, 0.1) is 0 Å². The molecule has 0 saturated heterocycles. The van der Waals surface area contributed by atoms with Gasteiger partial charge in [0.15, 0.2) is 0 Å². The molecular formula is C8H12N2O2. The summed E-state index contributed by atoms with van der Waals surface area (Å²) in [6.07, 6.45) is 0. The maximum absolute atomic E-state index is 11.4. The molecule has 0 N–H and O–H groups in total. The van der Waals surface area contributed by atoms with Crippen LogP contribution in [0.5, 0.6) is 0 Å². The van der Waals surface area contributed by atoms with Crippen LogP contribution in [-0.4, -0.2) is 9.13 Å². The van der Waals surface area contributed by atoms with Crippen LogP contribution in [0.25, 0.3) is 0 Å². The monoisotopic (exact) mass is 168 g/mol. The Morgan fingerprint density at radius 2 is 2.00 bits per heavy atom. The van der Waals surface area contributed by atoms with Crippen LogP contribution in [0.4, 0.5) is 0 Å². The Morgan fingerprint density at radius 1 is 1.42 bits per heavy atom. The van der Waals surface area contributed by atoms with Crippen LogP contribution in [0.15, 0.2) is 15.7 Å². The van der Waals surface area contributed by atoms with Gasteiger partial charge in [-0.05, 0) is 13.8 Å². The van der Waals surface area contributed by atoms with Crippen molar-refractivity contribution in [2.45, 2.75) is 20.4 Å². The van der Waals surface area contributed by atoms with Gasteiger partial charge in [-0.3, -0.25) is 9.36 Å². The minimum absolute atomic E-state index is 0.224. The van der Waals surface area contributed by atoms with Gasteiger partial charge >= 0.3 is 5.69 Å². The van der Waals surface area contributed by atoms with Gasteiger partial charge in [0, 0.05) is 25.4 Å². The number of aromatic nitrogens is 2. The third-order valence-electron chi connectivity index (χ3n) is 1.96. The molecule has 0 spiro atoms. The van der Waals surface area contributed by atoms with Gasteiger partial charge in [0.2, 0.25) is 0 Å². The first-order valence-electron chi connectivity index (χ1n) is 3.85. The van der Waals surface area contributed by atoms with E-state index in [0.29, 0.717) is 12.2 Å². The van der Waals surface area contributed by atoms with E-state index in [2.05, 4.69) is 0 Å². The average molecular weight is 168 g/mol. The summed E-state index contributed by atoms with van der Waals surface area (Å²) in [7, 11) is 1.66. The van der Waals surface area contributed by atoms with Crippen molar-refractivity contribution in [3.8, 4) is 0 Å². The summed E-state index contributed by atoms with van der Waals surface area (Å²) in [5.41, 5.74) is 0.218. The second-order valence-corrected chi connectivity index (χ2v) is 2.71. The molecule has 0 aliphatic heterocycles. The van der Waals surface area contributed by atoms with E-state index in [0.717, 1.165) is 0 Å². The Labute approximate surface area is 70.1 Å². The Balaban J connectivity index is 3.64. The van der Waals surface area contributed by atoms with Crippen molar-refractivity contribution in [3.05, 3.63) is 32.6 Å². The lowest BCUT2D eigenvalue weighted by atomic mass is 10.4. The first kappa shape index (κ1) is 8.77. The molecule has 0 radical (unpaired) electrons. The second kappa shape index (κ2) is 2.97. The van der Waals surface area contributed by atoms with Gasteiger partial charge in [-0.15, -0.1) is 0 Å². The van der Waals surface area contributed by atoms with E-state index in [1.165, 1.54) is 15.2 Å². The van der Waals surface area contributed by atoms with Crippen LogP contribution < -0.4 is 11.2 Å². The smallest absolute Gasteiger partial charge is 0.301 e. The molecule has 0 aliphatic carbocycles. The zero-order valence-corrected chi connectivity index (χ0v) is 7.50. The molecule has 4 heteroatoms. The highest BCUT2D eigenvalue weighted by atomic mass is 16.2. The van der Waals surface area contributed by atoms with Crippen molar-refractivity contribution in [2.75, 3.05) is 0 Å². The summed E-state index contributed by atoms with van der Waals surface area (Å²) in [6, 6.07) is 1.46. The van der Waals surface area contributed by atoms with E-state index in [1.807, 2.05) is 0 Å². The molecule has 1 heterocycles. The third-order valence-corrected chi connectivity index (χ3v) is 1.96. The zero-order valence-electron chi connectivity index (χ0n) is 7.50. The third kappa shape index (κ3) is 1.20. The Kier molecular flexibility index (Phi) is 2.17. The molecule has 1 aromatic heterocycles. The average Bonchev–Trinajstić information content (AvgIpc) is 2.01. The largest absolute Gasteiger partial charge is 0.330 e. The Morgan fingerprint density at radius 3 is 2.50 bits per heavy atom. The molecule has 0 saturated carbocycles. The predicted octanol–water partition coefficient (Wildman–Crippen LogP) is -0.125. The van der Waals surface area contributed by atoms with Crippen LogP contribution in [0.3, 0.4) is 0 Å². The molecule has 0 bridgehead atoms. The van der Waals surface area contributed by atoms with Crippen LogP contribution >= 0.6 is 0 Å². The lowest BCUT2D eigenvalue weighted by molar-refractivity contribution is 0.610. The molecule has 0 aromatic carbocycles. The van der Waals surface area contributed by atoms with E-state index >= 15 is 0 Å². The fourth-order valence-corrected chi connectivity index (χ4v) is 1.07. The van der Waals surface area contributed by atoms with Gasteiger partial charge in [-0.2, -0.15) is 0 Å². The summed E-state index contributed by atoms with van der Waals surface area (Å²) in [5, 5.41) is 0. The fraction of sp³-hybridized carbons (Fsp3) is 0.500. The molecule has 0 unspecified atom stereocenters. The first-order chi connectivity index (χ1) is 5.57. The summed E-state index contributed by atoms with van der Waals surface area (Å²) < 4.78 is 2.66. The highest BCUT2D eigenvalue weighted by molar-refractivity contribution is 4.98. The van der Waals surface area contributed by atoms with Gasteiger partial charge in [0.1, 0.15) is 0 Å². The molecule has 1 rings (SSSR count).